The van der Waals surface area contributed by atoms with Crippen molar-refractivity contribution >= 4 is 99.7 Å². The first-order valence-electron chi connectivity index (χ1n) is 45.6. The predicted octanol–water partition coefficient (Wildman–Crippen LogP) is 2.90. The molecule has 1 aromatic carbocycles. The number of Topliss-reactive ketones (excluding diaryl/α,β-unsaturated/α-hetero) is 6. The smallest absolute Gasteiger partial charge is 0.243 e. The summed E-state index contributed by atoms with van der Waals surface area (Å²) in [7, 11) is 1.40. The average Bonchev–Trinajstić information content (AvgIpc) is 1.08. The molecular weight excluding hydrogens is 1640 g/mol. The Labute approximate surface area is 748 Å². The number of nitrogens with one attached hydrogen (secondary N) is 11. The van der Waals surface area contributed by atoms with Gasteiger partial charge in [-0.25, -0.2) is 4.98 Å². The van der Waals surface area contributed by atoms with Crippen molar-refractivity contribution in [3.63, 3.8) is 0 Å². The van der Waals surface area contributed by atoms with Crippen LogP contribution in [0.15, 0.2) is 42.9 Å². The Morgan fingerprint density at radius 3 is 1.47 bits per heavy atom. The van der Waals surface area contributed by atoms with Gasteiger partial charge in [-0.15, -0.1) is 0 Å². The maximum absolute atomic E-state index is 14.8. The second kappa shape index (κ2) is 63.4. The summed E-state index contributed by atoms with van der Waals surface area (Å²) in [6, 6.07) is -2.52. The van der Waals surface area contributed by atoms with Crippen molar-refractivity contribution in [3.05, 3.63) is 54.1 Å². The van der Waals surface area contributed by atoms with Gasteiger partial charge in [-0.1, -0.05) is 155 Å². The van der Waals surface area contributed by atoms with Crippen LogP contribution in [0.1, 0.15) is 267 Å². The van der Waals surface area contributed by atoms with Crippen molar-refractivity contribution < 1.29 is 102 Å². The fourth-order valence-corrected chi connectivity index (χ4v) is 14.7. The molecule has 36 heteroatoms. The van der Waals surface area contributed by atoms with Crippen LogP contribution < -0.4 is 70.4 Å². The number of imidazole rings is 1. The van der Waals surface area contributed by atoms with Gasteiger partial charge in [0, 0.05) is 100 Å². The van der Waals surface area contributed by atoms with Crippen LogP contribution in [-0.2, 0) is 94.3 Å². The van der Waals surface area contributed by atoms with E-state index in [1.54, 1.807) is 58.0 Å². The van der Waals surface area contributed by atoms with E-state index >= 15 is 0 Å². The van der Waals surface area contributed by atoms with E-state index < -0.39 is 242 Å². The zero-order valence-corrected chi connectivity index (χ0v) is 76.8. The molecule has 0 saturated carbocycles. The second-order valence-corrected chi connectivity index (χ2v) is 34.7. The third-order valence-corrected chi connectivity index (χ3v) is 22.8. The Hall–Kier alpha value is -9.62. The number of aliphatic hydroxyl groups is 4. The highest BCUT2D eigenvalue weighted by atomic mass is 16.3. The predicted molar refractivity (Wildman–Crippen MR) is 477 cm³/mol. The van der Waals surface area contributed by atoms with Gasteiger partial charge in [-0.3, -0.25) is 81.5 Å². The number of amides is 11. The number of nitrogens with two attached hydrogens (primary N) is 3. The summed E-state index contributed by atoms with van der Waals surface area (Å²) < 4.78 is 0. The van der Waals surface area contributed by atoms with E-state index in [9.17, 15) is 102 Å². The first kappa shape index (κ1) is 113. The molecule has 0 aliphatic rings. The lowest BCUT2D eigenvalue weighted by Crippen LogP contribution is -2.56. The van der Waals surface area contributed by atoms with Crippen LogP contribution in [0.5, 0.6) is 0 Å². The molecule has 1 heterocycles. The van der Waals surface area contributed by atoms with Gasteiger partial charge in [-0.05, 0) is 116 Å². The van der Waals surface area contributed by atoms with Gasteiger partial charge in [0.25, 0.3) is 0 Å². The number of carbonyl (C=O) groups is 17. The molecule has 0 aliphatic carbocycles. The van der Waals surface area contributed by atoms with E-state index in [2.05, 4.69) is 70.1 Å². The molecule has 0 unspecified atom stereocenters. The van der Waals surface area contributed by atoms with Crippen LogP contribution in [0.3, 0.4) is 0 Å². The number of aromatic amines is 1. The highest BCUT2D eigenvalue weighted by molar-refractivity contribution is 6.01. The Morgan fingerprint density at radius 2 is 0.929 bits per heavy atom. The van der Waals surface area contributed by atoms with Gasteiger partial charge in [0.05, 0.1) is 74.3 Å². The highest BCUT2D eigenvalue weighted by Gasteiger charge is 2.40. The van der Waals surface area contributed by atoms with Crippen molar-refractivity contribution in [3.8, 4) is 0 Å². The first-order chi connectivity index (χ1) is 60.2. The van der Waals surface area contributed by atoms with Gasteiger partial charge >= 0.3 is 0 Å². The number of carbonyl (C=O) groups excluding carboxylic acids is 17. The molecule has 127 heavy (non-hydrogen) atoms. The van der Waals surface area contributed by atoms with Crippen molar-refractivity contribution in [2.45, 2.75) is 329 Å². The van der Waals surface area contributed by atoms with E-state index in [1.165, 1.54) is 106 Å². The average molecular weight is 1790 g/mol. The van der Waals surface area contributed by atoms with Crippen molar-refractivity contribution in [1.82, 2.24) is 63.1 Å². The topological polar surface area (TPSA) is 598 Å². The van der Waals surface area contributed by atoms with Gasteiger partial charge < -0.3 is 95.8 Å². The number of benzene rings is 1. The van der Waals surface area contributed by atoms with Crippen molar-refractivity contribution in [2.75, 3.05) is 39.9 Å². The largest absolute Gasteiger partial charge is 0.396 e. The van der Waals surface area contributed by atoms with Gasteiger partial charge in [0.2, 0.25) is 65.0 Å². The monoisotopic (exact) mass is 1790 g/mol. The number of unbranched alkanes of at least 4 members (excludes halogenated alkanes) is 14. The molecule has 16 atom stereocenters. The molecule has 0 bridgehead atoms. The highest BCUT2D eigenvalue weighted by Crippen LogP contribution is 2.25. The zero-order chi connectivity index (χ0) is 95.3. The number of aliphatic hydroxyl groups excluding tert-OH is 4. The maximum atomic E-state index is 14.8. The number of H-pyrrole nitrogens is 1. The van der Waals surface area contributed by atoms with Crippen LogP contribution in [0, 0.1) is 47.3 Å². The molecule has 0 radical (unpaired) electrons. The van der Waals surface area contributed by atoms with Gasteiger partial charge in [0.15, 0.2) is 34.7 Å². The minimum Gasteiger partial charge on any atom is -0.396 e. The number of nitrogens with zero attached hydrogens (tertiary/aromatic N) is 1. The fraction of sp³-hybridized carbons (Fsp3) is 0.714. The number of hydrogen-bond donors (Lipinski definition) is 18. The van der Waals surface area contributed by atoms with E-state index in [1.807, 2.05) is 0 Å². The fourth-order valence-electron chi connectivity index (χ4n) is 14.7. The van der Waals surface area contributed by atoms with E-state index in [0.717, 1.165) is 25.7 Å². The lowest BCUT2D eigenvalue weighted by Gasteiger charge is -2.27. The Bertz CT molecular complexity index is 3750. The molecular formula is C91H151N15O21. The minimum absolute atomic E-state index is 0.0219. The molecule has 11 amide bonds. The minimum atomic E-state index is -1.75. The Kier molecular flexibility index (Phi) is 56.6. The third kappa shape index (κ3) is 45.8. The number of aromatic nitrogens is 2. The molecule has 36 nitrogen and oxygen atoms in total. The number of primary amides is 1. The summed E-state index contributed by atoms with van der Waals surface area (Å²) in [4.78, 5) is 241. The van der Waals surface area contributed by atoms with Gasteiger partial charge in [0.1, 0.15) is 24.2 Å². The molecule has 0 aliphatic heterocycles. The summed E-state index contributed by atoms with van der Waals surface area (Å²) >= 11 is 0. The number of rotatable bonds is 72. The van der Waals surface area contributed by atoms with Crippen LogP contribution in [-0.4, -0.2) is 231 Å². The quantitative estimate of drug-likeness (QED) is 0.0423. The van der Waals surface area contributed by atoms with Crippen LogP contribution in [0.4, 0.5) is 0 Å². The van der Waals surface area contributed by atoms with Crippen molar-refractivity contribution in [1.29, 1.82) is 0 Å². The normalized spacial score (nSPS) is 15.2. The molecule has 2 rings (SSSR count). The Morgan fingerprint density at radius 1 is 0.425 bits per heavy atom. The number of ketones is 6. The molecule has 1 aromatic heterocycles. The molecule has 0 spiro atoms. The maximum Gasteiger partial charge on any atom is 0.243 e. The van der Waals surface area contributed by atoms with E-state index in [-0.39, 0.29) is 88.7 Å². The Balaban J connectivity index is 2.29. The summed E-state index contributed by atoms with van der Waals surface area (Å²) in [5.41, 5.74) is 18.1. The third-order valence-electron chi connectivity index (χ3n) is 22.8. The zero-order valence-electron chi connectivity index (χ0n) is 76.8. The second-order valence-electron chi connectivity index (χ2n) is 34.7. The lowest BCUT2D eigenvalue weighted by atomic mass is 9.87. The number of hydrogen-bond acceptors (Lipinski definition) is 24. The van der Waals surface area contributed by atoms with E-state index in [4.69, 9.17) is 17.2 Å². The summed E-state index contributed by atoms with van der Waals surface area (Å²) in [5, 5.41) is 68.4. The standard InChI is InChI=1S/C91H151N15O21/c1-12-13-14-15-16-17-18-19-20-21-22-23-27-36-81(118)97-51-82(119)99-59(8)85(121)101-69(35-29-31-40-93)91(127)104-71(43-62-32-25-24-26-33-62)76(113)45-63(34-28-30-39-92)87(123)106-83(61(10)110)79(116)46-65(52-107)88(124)100-58(7)74(111)44-64(37-38-80(94)117)86(122)103-72(47-66-50-96-54-98-66)75(112)42-57(6)84(120)102-70(41-55(2)3)77(114)49-68(60(9)109)90(126)105-73(53-108)78(115)48-67(56(4)5)89(125)95-11/h24-26,32-33,50,54-61,63-65,67-73,83,107-110H,12-23,27-31,34-49,51-53,92-93H2,1-11H3,(H2,94,117)(H,95,125)(H,96,98)(H,97,118)(H,99,119)(H,100,124)(H,101,121)(H,102,120)(H,103,122)(H,104,127)(H,105,126)(H,106,123)/t57-,58+,59+,60-,61-,63-,64-,65+,67+,68+,69+,70+,71+,72+,73+,83+/m1/s1. The van der Waals surface area contributed by atoms with Crippen LogP contribution in [0.2, 0.25) is 0 Å². The SMILES string of the molecule is CCCCCCCCCCCCCCCC(=O)NCC(=O)N[C@@H](C)C(=O)N[C@@H](CCCCN)C(=O)N[C@@H](Cc1ccccc1)C(=O)C[C@@H](CCCCN)C(=O)N[C@H](C(=O)C[C@@H](CO)C(=O)N[C@@H](C)C(=O)C[C@@H](CCC(N)=O)C(=O)N[C@@H](Cc1cnc[nH]1)C(=O)C[C@@H](C)C(=O)N[C@@H](CC(C)C)C(=O)C[C@H](C(=O)N[C@@H](CO)C(=O)C[C@H](C(=O)NC)C(C)C)[C@@H](C)O)[C@@H](C)O. The summed E-state index contributed by atoms with van der Waals surface area (Å²) in [6.45, 7) is 13.9. The van der Waals surface area contributed by atoms with Crippen LogP contribution >= 0.6 is 0 Å². The summed E-state index contributed by atoms with van der Waals surface area (Å²) in [5.74, 6) is -21.0. The van der Waals surface area contributed by atoms with E-state index in [0.29, 0.717) is 43.4 Å². The molecule has 0 saturated heterocycles. The lowest BCUT2D eigenvalue weighted by molar-refractivity contribution is -0.138. The molecule has 21 N–H and O–H groups in total. The molecule has 0 fully saturated rings. The first-order valence-corrected chi connectivity index (χ1v) is 45.6. The van der Waals surface area contributed by atoms with Crippen LogP contribution in [0.25, 0.3) is 0 Å². The molecule has 716 valence electrons. The molecule has 2 aromatic rings. The van der Waals surface area contributed by atoms with Gasteiger partial charge in [-0.2, -0.15) is 0 Å². The summed E-state index contributed by atoms with van der Waals surface area (Å²) in [6.07, 6.45) is 11.8. The van der Waals surface area contributed by atoms with Crippen molar-refractivity contribution in [2.24, 2.45) is 64.5 Å².